The zero-order valence-corrected chi connectivity index (χ0v) is 15.0. The summed E-state index contributed by atoms with van der Waals surface area (Å²) in [5, 5.41) is 0. The Labute approximate surface area is 139 Å². The fraction of sp³-hybridized carbons (Fsp3) is 0.857. The van der Waals surface area contributed by atoms with E-state index in [2.05, 4.69) is 18.8 Å². The molecule has 0 unspecified atom stereocenters. The lowest BCUT2D eigenvalue weighted by Gasteiger charge is -2.02. The molecule has 0 amide bonds. The van der Waals surface area contributed by atoms with E-state index in [0.29, 0.717) is 6.42 Å². The average Bonchev–Trinajstić information content (AvgIpc) is 2.54. The minimum Gasteiger partial charge on any atom is -0.303 e. The third-order valence-electron chi connectivity index (χ3n) is 4.17. The second kappa shape index (κ2) is 20.2. The molecule has 1 nitrogen and oxygen atoms in total. The van der Waals surface area contributed by atoms with Gasteiger partial charge >= 0.3 is 0 Å². The Morgan fingerprint density at radius 2 is 1.00 bits per heavy atom. The van der Waals surface area contributed by atoms with Crippen molar-refractivity contribution in [2.45, 2.75) is 116 Å². The normalized spacial score (nSPS) is 10.2. The summed E-state index contributed by atoms with van der Waals surface area (Å²) in [5.74, 6) is 6.21. The first-order chi connectivity index (χ1) is 10.9. The van der Waals surface area contributed by atoms with Crippen molar-refractivity contribution in [3.63, 3.8) is 0 Å². The molecule has 1 heteroatoms. The summed E-state index contributed by atoms with van der Waals surface area (Å²) in [6.07, 6.45) is 22.9. The van der Waals surface area contributed by atoms with E-state index in [1.54, 1.807) is 0 Å². The third-order valence-corrected chi connectivity index (χ3v) is 4.17. The molecule has 22 heavy (non-hydrogen) atoms. The zero-order chi connectivity index (χ0) is 16.1. The number of aldehydes is 1. The molecule has 128 valence electrons. The SMILES string of the molecule is CCCCCCCCCCCCCCCCC#CCCC=O. The summed E-state index contributed by atoms with van der Waals surface area (Å²) in [7, 11) is 0. The standard InChI is InChI=1S/C21H38O/c1-2-3-4-5-6-7-8-9-10-11-12-13-14-15-16-17-18-19-20-21-22/h21H,2-16,19-20H2,1H3. The minimum absolute atomic E-state index is 0.589. The molecule has 0 saturated carbocycles. The van der Waals surface area contributed by atoms with Crippen molar-refractivity contribution in [1.82, 2.24) is 0 Å². The van der Waals surface area contributed by atoms with E-state index < -0.39 is 0 Å². The topological polar surface area (TPSA) is 17.1 Å². The molecular weight excluding hydrogens is 268 g/mol. The molecule has 0 aliphatic carbocycles. The molecular formula is C21H38O. The molecule has 0 aliphatic heterocycles. The quantitative estimate of drug-likeness (QED) is 0.173. The smallest absolute Gasteiger partial charge is 0.120 e. The second-order valence-electron chi connectivity index (χ2n) is 6.41. The molecule has 0 fully saturated rings. The first-order valence-electron chi connectivity index (χ1n) is 9.81. The first kappa shape index (κ1) is 21.2. The molecule has 0 aliphatic rings. The summed E-state index contributed by atoms with van der Waals surface area (Å²) >= 11 is 0. The fourth-order valence-electron chi connectivity index (χ4n) is 2.72. The van der Waals surface area contributed by atoms with Crippen LogP contribution in [0.2, 0.25) is 0 Å². The Morgan fingerprint density at radius 1 is 0.591 bits per heavy atom. The molecule has 0 saturated heterocycles. The van der Waals surface area contributed by atoms with Gasteiger partial charge < -0.3 is 4.79 Å². The molecule has 0 spiro atoms. The van der Waals surface area contributed by atoms with Crippen molar-refractivity contribution in [3.05, 3.63) is 0 Å². The molecule has 0 N–H and O–H groups in total. The molecule has 0 aromatic rings. The maximum atomic E-state index is 10.1. The number of carbonyl (C=O) groups is 1. The summed E-state index contributed by atoms with van der Waals surface area (Å²) in [6, 6.07) is 0. The third kappa shape index (κ3) is 19.2. The Bertz CT molecular complexity index is 271. The van der Waals surface area contributed by atoms with Crippen molar-refractivity contribution < 1.29 is 4.79 Å². The number of unbranched alkanes of at least 4 members (excludes halogenated alkanes) is 15. The van der Waals surface area contributed by atoms with Crippen LogP contribution in [0.1, 0.15) is 116 Å². The lowest BCUT2D eigenvalue weighted by atomic mass is 10.0. The van der Waals surface area contributed by atoms with Gasteiger partial charge in [-0.25, -0.2) is 0 Å². The van der Waals surface area contributed by atoms with Crippen molar-refractivity contribution >= 4 is 6.29 Å². The lowest BCUT2D eigenvalue weighted by molar-refractivity contribution is -0.107. The highest BCUT2D eigenvalue weighted by molar-refractivity contribution is 5.49. The maximum Gasteiger partial charge on any atom is 0.120 e. The average molecular weight is 307 g/mol. The summed E-state index contributed by atoms with van der Waals surface area (Å²) in [5.41, 5.74) is 0. The van der Waals surface area contributed by atoms with Gasteiger partial charge in [0.2, 0.25) is 0 Å². The van der Waals surface area contributed by atoms with Crippen LogP contribution in [0.25, 0.3) is 0 Å². The molecule has 0 heterocycles. The highest BCUT2D eigenvalue weighted by atomic mass is 16.1. The maximum absolute atomic E-state index is 10.1. The summed E-state index contributed by atoms with van der Waals surface area (Å²) < 4.78 is 0. The van der Waals surface area contributed by atoms with Gasteiger partial charge in [-0.1, -0.05) is 90.4 Å². The highest BCUT2D eigenvalue weighted by Crippen LogP contribution is 2.13. The fourth-order valence-corrected chi connectivity index (χ4v) is 2.72. The van der Waals surface area contributed by atoms with Crippen LogP contribution < -0.4 is 0 Å². The first-order valence-corrected chi connectivity index (χ1v) is 9.81. The van der Waals surface area contributed by atoms with Gasteiger partial charge in [0.05, 0.1) is 0 Å². The van der Waals surface area contributed by atoms with Crippen LogP contribution in [0.3, 0.4) is 0 Å². The number of hydrogen-bond donors (Lipinski definition) is 0. The Balaban J connectivity index is 3.02. The van der Waals surface area contributed by atoms with E-state index in [9.17, 15) is 4.79 Å². The van der Waals surface area contributed by atoms with Crippen LogP contribution in [0.4, 0.5) is 0 Å². The van der Waals surface area contributed by atoms with Gasteiger partial charge in [-0.05, 0) is 6.42 Å². The van der Waals surface area contributed by atoms with Crippen LogP contribution in [0.5, 0.6) is 0 Å². The summed E-state index contributed by atoms with van der Waals surface area (Å²) in [4.78, 5) is 10.1. The van der Waals surface area contributed by atoms with Crippen molar-refractivity contribution in [2.75, 3.05) is 0 Å². The van der Waals surface area contributed by atoms with Crippen molar-refractivity contribution in [1.29, 1.82) is 0 Å². The number of hydrogen-bond acceptors (Lipinski definition) is 1. The predicted molar refractivity (Wildman–Crippen MR) is 98.0 cm³/mol. The molecule has 0 bridgehead atoms. The summed E-state index contributed by atoms with van der Waals surface area (Å²) in [6.45, 7) is 2.28. The van der Waals surface area contributed by atoms with E-state index in [0.717, 1.165) is 19.1 Å². The van der Waals surface area contributed by atoms with Crippen molar-refractivity contribution in [2.24, 2.45) is 0 Å². The molecule has 0 radical (unpaired) electrons. The highest BCUT2D eigenvalue weighted by Gasteiger charge is 1.93. The van der Waals surface area contributed by atoms with Gasteiger partial charge in [0.15, 0.2) is 0 Å². The lowest BCUT2D eigenvalue weighted by Crippen LogP contribution is -1.83. The van der Waals surface area contributed by atoms with Gasteiger partial charge in [-0.15, -0.1) is 11.8 Å². The van der Waals surface area contributed by atoms with Gasteiger partial charge in [0.1, 0.15) is 6.29 Å². The van der Waals surface area contributed by atoms with E-state index in [4.69, 9.17) is 0 Å². The Hall–Kier alpha value is -0.770. The van der Waals surface area contributed by atoms with Gasteiger partial charge in [-0.2, -0.15) is 0 Å². The van der Waals surface area contributed by atoms with Crippen molar-refractivity contribution in [3.8, 4) is 11.8 Å². The van der Waals surface area contributed by atoms with Crippen LogP contribution in [-0.2, 0) is 4.79 Å². The Kier molecular flexibility index (Phi) is 19.5. The largest absolute Gasteiger partial charge is 0.303 e. The van der Waals surface area contributed by atoms with Crippen LogP contribution in [-0.4, -0.2) is 6.29 Å². The van der Waals surface area contributed by atoms with E-state index in [-0.39, 0.29) is 0 Å². The van der Waals surface area contributed by atoms with Gasteiger partial charge in [-0.3, -0.25) is 0 Å². The molecule has 0 aromatic carbocycles. The van der Waals surface area contributed by atoms with Gasteiger partial charge in [0, 0.05) is 19.3 Å². The molecule has 0 rings (SSSR count). The number of rotatable bonds is 16. The predicted octanol–water partition coefficient (Wildman–Crippen LogP) is 6.84. The van der Waals surface area contributed by atoms with Crippen LogP contribution in [0, 0.1) is 11.8 Å². The van der Waals surface area contributed by atoms with E-state index in [1.165, 1.54) is 89.9 Å². The van der Waals surface area contributed by atoms with E-state index in [1.807, 2.05) is 0 Å². The minimum atomic E-state index is 0.589. The monoisotopic (exact) mass is 306 g/mol. The van der Waals surface area contributed by atoms with Gasteiger partial charge in [0.25, 0.3) is 0 Å². The van der Waals surface area contributed by atoms with E-state index >= 15 is 0 Å². The van der Waals surface area contributed by atoms with Crippen LogP contribution in [0.15, 0.2) is 0 Å². The number of carbonyl (C=O) groups excluding carboxylic acids is 1. The zero-order valence-electron chi connectivity index (χ0n) is 15.0. The Morgan fingerprint density at radius 3 is 1.45 bits per heavy atom. The molecule has 0 atom stereocenters. The molecule has 0 aromatic heterocycles. The van der Waals surface area contributed by atoms with Crippen LogP contribution >= 0.6 is 0 Å². The second-order valence-corrected chi connectivity index (χ2v) is 6.41.